The third-order valence-electron chi connectivity index (χ3n) is 3.10. The van der Waals surface area contributed by atoms with Crippen LogP contribution >= 0.6 is 0 Å². The number of aliphatic hydroxyl groups is 1. The molecule has 7 nitrogen and oxygen atoms in total. The van der Waals surface area contributed by atoms with Crippen LogP contribution < -0.4 is 0 Å². The van der Waals surface area contributed by atoms with Crippen LogP contribution in [0.3, 0.4) is 0 Å². The highest BCUT2D eigenvalue weighted by molar-refractivity contribution is 7.89. The van der Waals surface area contributed by atoms with Crippen molar-refractivity contribution in [2.75, 3.05) is 26.8 Å². The minimum atomic E-state index is -3.62. The highest BCUT2D eigenvalue weighted by Crippen LogP contribution is 2.23. The summed E-state index contributed by atoms with van der Waals surface area (Å²) in [6.45, 7) is 0.959. The molecule has 0 atom stereocenters. The maximum Gasteiger partial charge on any atom is 0.259 e. The number of imidazole rings is 1. The molecule has 1 fully saturated rings. The van der Waals surface area contributed by atoms with Crippen molar-refractivity contribution in [3.63, 3.8) is 0 Å². The summed E-state index contributed by atoms with van der Waals surface area (Å²) in [7, 11) is -2.17. The average Bonchev–Trinajstić information content (AvgIpc) is 2.83. The van der Waals surface area contributed by atoms with Crippen molar-refractivity contribution in [3.05, 3.63) is 12.5 Å². The van der Waals surface area contributed by atoms with Crippen LogP contribution in [0.2, 0.25) is 0 Å². The number of ether oxygens (including phenoxy) is 1. The molecule has 0 amide bonds. The SMILES string of the molecule is CN(CC1(O)CCOCC1)S(=O)(=O)c1cnc[nH]1. The average molecular weight is 275 g/mol. The van der Waals surface area contributed by atoms with Crippen molar-refractivity contribution in [1.29, 1.82) is 0 Å². The Kier molecular flexibility index (Phi) is 3.71. The van der Waals surface area contributed by atoms with E-state index in [0.717, 1.165) is 4.31 Å². The zero-order chi connectivity index (χ0) is 13.2. The second kappa shape index (κ2) is 4.96. The first-order chi connectivity index (χ1) is 8.44. The van der Waals surface area contributed by atoms with Gasteiger partial charge in [-0.1, -0.05) is 0 Å². The normalized spacial score (nSPS) is 20.2. The maximum absolute atomic E-state index is 12.1. The molecule has 1 aromatic heterocycles. The minimum absolute atomic E-state index is 0.0284. The van der Waals surface area contributed by atoms with E-state index >= 15 is 0 Å². The number of aromatic amines is 1. The number of nitrogens with zero attached hydrogens (tertiary/aromatic N) is 2. The van der Waals surface area contributed by atoms with Gasteiger partial charge in [0.05, 0.1) is 18.1 Å². The molecule has 0 saturated carbocycles. The topological polar surface area (TPSA) is 95.5 Å². The van der Waals surface area contributed by atoms with E-state index in [1.165, 1.54) is 19.6 Å². The highest BCUT2D eigenvalue weighted by atomic mass is 32.2. The first-order valence-corrected chi connectivity index (χ1v) is 7.13. The van der Waals surface area contributed by atoms with E-state index in [1.54, 1.807) is 0 Å². The van der Waals surface area contributed by atoms with Crippen LogP contribution in [-0.4, -0.2) is 60.2 Å². The molecular formula is C10H17N3O4S. The standard InChI is InChI=1S/C10H17N3O4S/c1-13(7-10(14)2-4-17-5-3-10)18(15,16)9-6-11-8-12-9/h6,8,14H,2-5,7H2,1H3,(H,11,12). The van der Waals surface area contributed by atoms with E-state index in [-0.39, 0.29) is 11.6 Å². The summed E-state index contributed by atoms with van der Waals surface area (Å²) >= 11 is 0. The van der Waals surface area contributed by atoms with Crippen LogP contribution in [0.4, 0.5) is 0 Å². The van der Waals surface area contributed by atoms with E-state index in [4.69, 9.17) is 4.74 Å². The number of aromatic nitrogens is 2. The lowest BCUT2D eigenvalue weighted by Crippen LogP contribution is -2.47. The largest absolute Gasteiger partial charge is 0.388 e. The number of sulfonamides is 1. The molecule has 0 aromatic carbocycles. The summed E-state index contributed by atoms with van der Waals surface area (Å²) in [6.07, 6.45) is 3.44. The van der Waals surface area contributed by atoms with Gasteiger partial charge in [-0.05, 0) is 0 Å². The number of H-pyrrole nitrogens is 1. The Morgan fingerprint density at radius 2 is 2.22 bits per heavy atom. The van der Waals surface area contributed by atoms with Crippen molar-refractivity contribution in [2.24, 2.45) is 0 Å². The van der Waals surface area contributed by atoms with Crippen molar-refractivity contribution in [1.82, 2.24) is 14.3 Å². The molecule has 1 aliphatic rings. The van der Waals surface area contributed by atoms with Crippen molar-refractivity contribution >= 4 is 10.0 Å². The van der Waals surface area contributed by atoms with Crippen LogP contribution in [0.1, 0.15) is 12.8 Å². The molecule has 1 saturated heterocycles. The van der Waals surface area contributed by atoms with Crippen LogP contribution in [0, 0.1) is 0 Å². The number of nitrogens with one attached hydrogen (secondary N) is 1. The fourth-order valence-corrected chi connectivity index (χ4v) is 3.10. The molecule has 8 heteroatoms. The number of rotatable bonds is 4. The summed E-state index contributed by atoms with van der Waals surface area (Å²) in [6, 6.07) is 0. The Morgan fingerprint density at radius 1 is 1.56 bits per heavy atom. The van der Waals surface area contributed by atoms with E-state index in [2.05, 4.69) is 9.97 Å². The predicted octanol–water partition coefficient (Wildman–Crippen LogP) is -0.428. The van der Waals surface area contributed by atoms with Crippen molar-refractivity contribution in [2.45, 2.75) is 23.5 Å². The van der Waals surface area contributed by atoms with E-state index in [0.29, 0.717) is 26.1 Å². The maximum atomic E-state index is 12.1. The second-order valence-corrected chi connectivity index (χ2v) is 6.53. The summed E-state index contributed by atoms with van der Waals surface area (Å²) in [5.41, 5.74) is -1.01. The molecule has 1 aliphatic heterocycles. The van der Waals surface area contributed by atoms with Gasteiger partial charge in [-0.3, -0.25) is 0 Å². The van der Waals surface area contributed by atoms with Gasteiger partial charge in [0, 0.05) is 39.6 Å². The van der Waals surface area contributed by atoms with E-state index in [1.807, 2.05) is 0 Å². The minimum Gasteiger partial charge on any atom is -0.388 e. The lowest BCUT2D eigenvalue weighted by Gasteiger charge is -2.34. The van der Waals surface area contributed by atoms with Gasteiger partial charge in [-0.2, -0.15) is 4.31 Å². The Balaban J connectivity index is 2.10. The van der Waals surface area contributed by atoms with Gasteiger partial charge in [-0.25, -0.2) is 13.4 Å². The second-order valence-electron chi connectivity index (χ2n) is 4.51. The quantitative estimate of drug-likeness (QED) is 0.777. The molecule has 0 aliphatic carbocycles. The van der Waals surface area contributed by atoms with Crippen molar-refractivity contribution in [3.8, 4) is 0 Å². The van der Waals surface area contributed by atoms with E-state index in [9.17, 15) is 13.5 Å². The Bertz CT molecular complexity index is 479. The predicted molar refractivity (Wildman–Crippen MR) is 63.4 cm³/mol. The fraction of sp³-hybridized carbons (Fsp3) is 0.700. The monoisotopic (exact) mass is 275 g/mol. The highest BCUT2D eigenvalue weighted by Gasteiger charge is 2.35. The summed E-state index contributed by atoms with van der Waals surface area (Å²) in [5, 5.41) is 10.3. The van der Waals surface area contributed by atoms with Gasteiger partial charge in [0.15, 0.2) is 5.03 Å². The molecule has 2 heterocycles. The third kappa shape index (κ3) is 2.72. The van der Waals surface area contributed by atoms with Crippen LogP contribution in [0.5, 0.6) is 0 Å². The molecule has 0 bridgehead atoms. The van der Waals surface area contributed by atoms with Gasteiger partial charge >= 0.3 is 0 Å². The van der Waals surface area contributed by atoms with Crippen LogP contribution in [-0.2, 0) is 14.8 Å². The first kappa shape index (κ1) is 13.5. The van der Waals surface area contributed by atoms with Gasteiger partial charge in [0.2, 0.25) is 0 Å². The fourth-order valence-electron chi connectivity index (χ4n) is 1.96. The lowest BCUT2D eigenvalue weighted by atomic mass is 9.95. The molecule has 1 aromatic rings. The summed E-state index contributed by atoms with van der Waals surface area (Å²) < 4.78 is 30.5. The molecule has 102 valence electrons. The molecule has 0 spiro atoms. The lowest BCUT2D eigenvalue weighted by molar-refractivity contribution is -0.0689. The smallest absolute Gasteiger partial charge is 0.259 e. The van der Waals surface area contributed by atoms with Crippen molar-refractivity contribution < 1.29 is 18.3 Å². The summed E-state index contributed by atoms with van der Waals surface area (Å²) in [4.78, 5) is 6.25. The molecule has 2 N–H and O–H groups in total. The Morgan fingerprint density at radius 3 is 2.78 bits per heavy atom. The molecule has 0 unspecified atom stereocenters. The van der Waals surface area contributed by atoms with E-state index < -0.39 is 15.6 Å². The zero-order valence-corrected chi connectivity index (χ0v) is 11.0. The van der Waals surface area contributed by atoms with Crippen LogP contribution in [0.15, 0.2) is 17.6 Å². The number of likely N-dealkylation sites (N-methyl/N-ethyl adjacent to an activating group) is 1. The number of hydrogen-bond acceptors (Lipinski definition) is 5. The van der Waals surface area contributed by atoms with Gasteiger partial charge in [-0.15, -0.1) is 0 Å². The molecular weight excluding hydrogens is 258 g/mol. The first-order valence-electron chi connectivity index (χ1n) is 5.69. The number of hydrogen-bond donors (Lipinski definition) is 2. The molecule has 18 heavy (non-hydrogen) atoms. The Hall–Kier alpha value is -0.960. The third-order valence-corrected chi connectivity index (χ3v) is 4.83. The van der Waals surface area contributed by atoms with Gasteiger partial charge in [0.25, 0.3) is 10.0 Å². The van der Waals surface area contributed by atoms with Crippen LogP contribution in [0.25, 0.3) is 0 Å². The zero-order valence-electron chi connectivity index (χ0n) is 10.2. The molecule has 0 radical (unpaired) electrons. The van der Waals surface area contributed by atoms with Gasteiger partial charge in [0.1, 0.15) is 0 Å². The Labute approximate surface area is 106 Å². The summed E-state index contributed by atoms with van der Waals surface area (Å²) in [5.74, 6) is 0. The molecule has 2 rings (SSSR count). The van der Waals surface area contributed by atoms with Gasteiger partial charge < -0.3 is 14.8 Å².